The fourth-order valence-electron chi connectivity index (χ4n) is 2.23. The molecule has 3 nitrogen and oxygen atoms in total. The molecule has 0 N–H and O–H groups in total. The highest BCUT2D eigenvalue weighted by Gasteiger charge is 2.25. The summed E-state index contributed by atoms with van der Waals surface area (Å²) in [6, 6.07) is 0.750. The molecule has 2 saturated heterocycles. The molecule has 0 spiro atoms. The van der Waals surface area contributed by atoms with E-state index < -0.39 is 0 Å². The molecule has 2 aliphatic heterocycles. The maximum atomic E-state index is 5.53. The molecule has 0 amide bonds. The summed E-state index contributed by atoms with van der Waals surface area (Å²) in [5.41, 5.74) is 0. The van der Waals surface area contributed by atoms with Gasteiger partial charge in [0.05, 0.1) is 12.7 Å². The van der Waals surface area contributed by atoms with E-state index in [-0.39, 0.29) is 0 Å². The summed E-state index contributed by atoms with van der Waals surface area (Å²) in [7, 11) is 0. The Bertz CT molecular complexity index is 157. The zero-order valence-corrected chi connectivity index (χ0v) is 8.37. The summed E-state index contributed by atoms with van der Waals surface area (Å²) in [5.74, 6) is 0. The number of hydrogen-bond donors (Lipinski definition) is 0. The summed E-state index contributed by atoms with van der Waals surface area (Å²) in [5, 5.41) is 0. The number of hydrogen-bond acceptors (Lipinski definition) is 3. The molecule has 0 aromatic heterocycles. The van der Waals surface area contributed by atoms with Crippen molar-refractivity contribution in [3.63, 3.8) is 0 Å². The van der Waals surface area contributed by atoms with Crippen LogP contribution in [0.1, 0.15) is 19.8 Å². The smallest absolute Gasteiger partial charge is 0.0674 e. The van der Waals surface area contributed by atoms with Crippen LogP contribution >= 0.6 is 0 Å². The first kappa shape index (κ1) is 9.44. The lowest BCUT2D eigenvalue weighted by molar-refractivity contribution is -0.0545. The molecule has 0 aromatic carbocycles. The van der Waals surface area contributed by atoms with Crippen molar-refractivity contribution in [2.24, 2.45) is 0 Å². The van der Waals surface area contributed by atoms with Gasteiger partial charge in [0.2, 0.25) is 0 Å². The van der Waals surface area contributed by atoms with Crippen molar-refractivity contribution in [2.75, 3.05) is 32.9 Å². The Morgan fingerprint density at radius 2 is 1.92 bits per heavy atom. The minimum atomic E-state index is 0.414. The topological polar surface area (TPSA) is 21.7 Å². The summed E-state index contributed by atoms with van der Waals surface area (Å²) in [4.78, 5) is 2.57. The number of morpholine rings is 1. The molecular weight excluding hydrogens is 166 g/mol. The van der Waals surface area contributed by atoms with E-state index >= 15 is 0 Å². The van der Waals surface area contributed by atoms with Gasteiger partial charge in [0, 0.05) is 32.3 Å². The van der Waals surface area contributed by atoms with Gasteiger partial charge in [-0.15, -0.1) is 0 Å². The highest BCUT2D eigenvalue weighted by Crippen LogP contribution is 2.17. The second-order valence-corrected chi connectivity index (χ2v) is 4.02. The maximum Gasteiger partial charge on any atom is 0.0674 e. The van der Waals surface area contributed by atoms with Gasteiger partial charge in [-0.2, -0.15) is 0 Å². The van der Waals surface area contributed by atoms with Crippen LogP contribution in [0, 0.1) is 0 Å². The molecule has 0 aromatic rings. The van der Waals surface area contributed by atoms with Crippen molar-refractivity contribution in [3.05, 3.63) is 0 Å². The highest BCUT2D eigenvalue weighted by molar-refractivity contribution is 4.78. The van der Waals surface area contributed by atoms with Gasteiger partial charge in [-0.3, -0.25) is 4.90 Å². The predicted octanol–water partition coefficient (Wildman–Crippen LogP) is 0.886. The van der Waals surface area contributed by atoms with E-state index in [0.717, 1.165) is 39.0 Å². The first-order chi connectivity index (χ1) is 6.36. The average molecular weight is 185 g/mol. The van der Waals surface area contributed by atoms with E-state index in [9.17, 15) is 0 Å². The number of rotatable bonds is 1. The van der Waals surface area contributed by atoms with Crippen LogP contribution in [-0.4, -0.2) is 50.0 Å². The third-order valence-corrected chi connectivity index (χ3v) is 2.98. The molecule has 0 radical (unpaired) electrons. The third kappa shape index (κ3) is 2.42. The summed E-state index contributed by atoms with van der Waals surface area (Å²) < 4.78 is 10.9. The molecule has 76 valence electrons. The Kier molecular flexibility index (Phi) is 3.19. The van der Waals surface area contributed by atoms with Crippen LogP contribution in [0.15, 0.2) is 0 Å². The molecule has 2 heterocycles. The molecule has 2 rings (SSSR count). The van der Waals surface area contributed by atoms with Crippen molar-refractivity contribution in [1.82, 2.24) is 4.90 Å². The van der Waals surface area contributed by atoms with Crippen molar-refractivity contribution >= 4 is 0 Å². The average Bonchev–Trinajstić information content (AvgIpc) is 2.19. The van der Waals surface area contributed by atoms with Crippen LogP contribution in [-0.2, 0) is 9.47 Å². The SMILES string of the molecule is C[C@H]1CN(C2CCOCC2)CCO1. The van der Waals surface area contributed by atoms with Crippen molar-refractivity contribution in [1.29, 1.82) is 0 Å². The maximum absolute atomic E-state index is 5.53. The minimum Gasteiger partial charge on any atom is -0.381 e. The lowest BCUT2D eigenvalue weighted by atomic mass is 10.1. The predicted molar refractivity (Wildman–Crippen MR) is 50.8 cm³/mol. The van der Waals surface area contributed by atoms with Gasteiger partial charge < -0.3 is 9.47 Å². The van der Waals surface area contributed by atoms with Crippen molar-refractivity contribution in [2.45, 2.75) is 31.9 Å². The van der Waals surface area contributed by atoms with Crippen LogP contribution in [0.25, 0.3) is 0 Å². The molecule has 2 fully saturated rings. The van der Waals surface area contributed by atoms with Crippen LogP contribution in [0.5, 0.6) is 0 Å². The fourth-order valence-corrected chi connectivity index (χ4v) is 2.23. The third-order valence-electron chi connectivity index (χ3n) is 2.98. The van der Waals surface area contributed by atoms with Gasteiger partial charge in [-0.1, -0.05) is 0 Å². The molecule has 0 unspecified atom stereocenters. The van der Waals surface area contributed by atoms with Gasteiger partial charge in [-0.05, 0) is 19.8 Å². The van der Waals surface area contributed by atoms with Gasteiger partial charge in [0.15, 0.2) is 0 Å². The zero-order chi connectivity index (χ0) is 9.10. The Morgan fingerprint density at radius 3 is 2.62 bits per heavy atom. The molecule has 0 saturated carbocycles. The Labute approximate surface area is 80.0 Å². The van der Waals surface area contributed by atoms with Gasteiger partial charge in [0.1, 0.15) is 0 Å². The zero-order valence-electron chi connectivity index (χ0n) is 8.37. The first-order valence-corrected chi connectivity index (χ1v) is 5.29. The molecule has 3 heteroatoms. The molecule has 2 aliphatic rings. The van der Waals surface area contributed by atoms with E-state index in [1.54, 1.807) is 0 Å². The van der Waals surface area contributed by atoms with Crippen LogP contribution < -0.4 is 0 Å². The summed E-state index contributed by atoms with van der Waals surface area (Å²) in [6.45, 7) is 7.15. The molecule has 1 atom stereocenters. The second kappa shape index (κ2) is 4.40. The number of ether oxygens (including phenoxy) is 2. The van der Waals surface area contributed by atoms with E-state index in [1.807, 2.05) is 0 Å². The van der Waals surface area contributed by atoms with E-state index in [2.05, 4.69) is 11.8 Å². The highest BCUT2D eigenvalue weighted by atomic mass is 16.5. The lowest BCUT2D eigenvalue weighted by Crippen LogP contribution is -2.48. The van der Waals surface area contributed by atoms with E-state index in [4.69, 9.17) is 9.47 Å². The van der Waals surface area contributed by atoms with Crippen LogP contribution in [0.4, 0.5) is 0 Å². The summed E-state index contributed by atoms with van der Waals surface area (Å²) >= 11 is 0. The Hall–Kier alpha value is -0.120. The standard InChI is InChI=1S/C10H19NO2/c1-9-8-11(4-7-13-9)10-2-5-12-6-3-10/h9-10H,2-8H2,1H3/t9-/m0/s1. The van der Waals surface area contributed by atoms with Gasteiger partial charge >= 0.3 is 0 Å². The van der Waals surface area contributed by atoms with E-state index in [0.29, 0.717) is 6.10 Å². The quantitative estimate of drug-likeness (QED) is 0.605. The Morgan fingerprint density at radius 1 is 1.15 bits per heavy atom. The minimum absolute atomic E-state index is 0.414. The molecule has 13 heavy (non-hydrogen) atoms. The van der Waals surface area contributed by atoms with Gasteiger partial charge in [-0.25, -0.2) is 0 Å². The largest absolute Gasteiger partial charge is 0.381 e. The molecule has 0 bridgehead atoms. The van der Waals surface area contributed by atoms with E-state index in [1.165, 1.54) is 12.8 Å². The monoisotopic (exact) mass is 185 g/mol. The van der Waals surface area contributed by atoms with Crippen molar-refractivity contribution < 1.29 is 9.47 Å². The normalized spacial score (nSPS) is 33.5. The molecule has 0 aliphatic carbocycles. The molecular formula is C10H19NO2. The second-order valence-electron chi connectivity index (χ2n) is 4.02. The Balaban J connectivity index is 1.83. The van der Waals surface area contributed by atoms with Crippen LogP contribution in [0.3, 0.4) is 0 Å². The summed E-state index contributed by atoms with van der Waals surface area (Å²) in [6.07, 6.45) is 2.82. The van der Waals surface area contributed by atoms with Crippen LogP contribution in [0.2, 0.25) is 0 Å². The lowest BCUT2D eigenvalue weighted by Gasteiger charge is -2.38. The fraction of sp³-hybridized carbons (Fsp3) is 1.00. The van der Waals surface area contributed by atoms with Gasteiger partial charge in [0.25, 0.3) is 0 Å². The number of nitrogens with zero attached hydrogens (tertiary/aromatic N) is 1. The first-order valence-electron chi connectivity index (χ1n) is 5.29. The van der Waals surface area contributed by atoms with Crippen molar-refractivity contribution in [3.8, 4) is 0 Å².